The fourth-order valence-corrected chi connectivity index (χ4v) is 4.49. The highest BCUT2D eigenvalue weighted by molar-refractivity contribution is 9.09. The normalized spacial score (nSPS) is 19.4. The third-order valence-corrected chi connectivity index (χ3v) is 6.05. The molecule has 2 aliphatic rings. The molecule has 0 unspecified atom stereocenters. The Balaban J connectivity index is 1.75. The van der Waals surface area contributed by atoms with Gasteiger partial charge in [0.15, 0.2) is 0 Å². The minimum absolute atomic E-state index is 0.176. The summed E-state index contributed by atoms with van der Waals surface area (Å²) in [5.41, 5.74) is 6.98. The fourth-order valence-electron chi connectivity index (χ4n) is 3.70. The van der Waals surface area contributed by atoms with Crippen molar-refractivity contribution in [2.75, 3.05) is 0 Å². The first kappa shape index (κ1) is 12.6. The van der Waals surface area contributed by atoms with E-state index in [9.17, 15) is 0 Å². The monoisotopic (exact) mass is 325 g/mol. The van der Waals surface area contributed by atoms with E-state index in [4.69, 9.17) is 0 Å². The molecule has 0 bridgehead atoms. The Kier molecular flexibility index (Phi) is 2.99. The van der Waals surface area contributed by atoms with E-state index in [-0.39, 0.29) is 4.32 Å². The number of rotatable bonds is 1. The van der Waals surface area contributed by atoms with Gasteiger partial charge in [0.1, 0.15) is 0 Å². The maximum Gasteiger partial charge on any atom is 0.0512 e. The lowest BCUT2D eigenvalue weighted by Crippen LogP contribution is -2.21. The van der Waals surface area contributed by atoms with Crippen molar-refractivity contribution >= 4 is 15.9 Å². The van der Waals surface area contributed by atoms with E-state index in [0.717, 1.165) is 6.42 Å². The lowest BCUT2D eigenvalue weighted by atomic mass is 9.83. The Morgan fingerprint density at radius 2 is 1.70 bits per heavy atom. The van der Waals surface area contributed by atoms with Crippen molar-refractivity contribution in [2.24, 2.45) is 0 Å². The molecule has 0 heterocycles. The zero-order chi connectivity index (χ0) is 13.6. The maximum absolute atomic E-state index is 4.02. The molecule has 2 aromatic rings. The van der Waals surface area contributed by atoms with Gasteiger partial charge in [0, 0.05) is 0 Å². The lowest BCUT2D eigenvalue weighted by molar-refractivity contribution is 0.415. The Bertz CT molecular complexity index is 651. The van der Waals surface area contributed by atoms with Gasteiger partial charge in [-0.15, -0.1) is 0 Å². The largest absolute Gasteiger partial charge is 0.0801 e. The first-order chi connectivity index (χ1) is 9.76. The summed E-state index contributed by atoms with van der Waals surface area (Å²) in [7, 11) is 0. The molecule has 0 aliphatic heterocycles. The number of halogens is 1. The molecule has 0 nitrogen and oxygen atoms in total. The topological polar surface area (TPSA) is 0 Å². The van der Waals surface area contributed by atoms with Gasteiger partial charge in [0.2, 0.25) is 0 Å². The molecular formula is C19H18Br. The molecule has 0 saturated heterocycles. The molecule has 1 fully saturated rings. The van der Waals surface area contributed by atoms with Crippen LogP contribution in [0.4, 0.5) is 0 Å². The number of hydrogen-bond acceptors (Lipinski definition) is 0. The van der Waals surface area contributed by atoms with Crippen molar-refractivity contribution < 1.29 is 0 Å². The number of hydrogen-bond donors (Lipinski definition) is 0. The SMILES string of the molecule is BrC1(c2[c]c3c(cc2)-c2ccccc2C3)CCCCC1. The zero-order valence-electron chi connectivity index (χ0n) is 11.6. The average molecular weight is 326 g/mol. The molecule has 1 saturated carbocycles. The highest BCUT2D eigenvalue weighted by Crippen LogP contribution is 2.46. The van der Waals surface area contributed by atoms with Crippen LogP contribution in [0.25, 0.3) is 11.1 Å². The van der Waals surface area contributed by atoms with Crippen LogP contribution >= 0.6 is 15.9 Å². The summed E-state index contributed by atoms with van der Waals surface area (Å²) in [5, 5.41) is 0. The molecule has 2 aromatic carbocycles. The van der Waals surface area contributed by atoms with Crippen molar-refractivity contribution in [3.8, 4) is 11.1 Å². The summed E-state index contributed by atoms with van der Waals surface area (Å²) in [4.78, 5) is 0. The molecule has 20 heavy (non-hydrogen) atoms. The molecule has 101 valence electrons. The summed E-state index contributed by atoms with van der Waals surface area (Å²) < 4.78 is 0.176. The van der Waals surface area contributed by atoms with Crippen molar-refractivity contribution in [2.45, 2.75) is 42.8 Å². The molecule has 0 spiro atoms. The van der Waals surface area contributed by atoms with Crippen LogP contribution in [0.5, 0.6) is 0 Å². The number of benzene rings is 2. The van der Waals surface area contributed by atoms with Gasteiger partial charge in [-0.3, -0.25) is 0 Å². The van der Waals surface area contributed by atoms with Gasteiger partial charge in [-0.25, -0.2) is 0 Å². The van der Waals surface area contributed by atoms with E-state index in [2.05, 4.69) is 58.4 Å². The van der Waals surface area contributed by atoms with Gasteiger partial charge in [-0.1, -0.05) is 71.6 Å². The minimum Gasteiger partial charge on any atom is -0.0801 e. The molecule has 2 aliphatic carbocycles. The fraction of sp³-hybridized carbons (Fsp3) is 0.368. The van der Waals surface area contributed by atoms with Crippen LogP contribution in [0, 0.1) is 6.07 Å². The van der Waals surface area contributed by atoms with E-state index < -0.39 is 0 Å². The minimum atomic E-state index is 0.176. The van der Waals surface area contributed by atoms with E-state index in [1.807, 2.05) is 0 Å². The third kappa shape index (κ3) is 1.95. The summed E-state index contributed by atoms with van der Waals surface area (Å²) in [6.45, 7) is 0. The van der Waals surface area contributed by atoms with Crippen molar-refractivity contribution in [3.63, 3.8) is 0 Å². The molecule has 1 heteroatoms. The van der Waals surface area contributed by atoms with E-state index >= 15 is 0 Å². The molecular weight excluding hydrogens is 308 g/mol. The summed E-state index contributed by atoms with van der Waals surface area (Å²) in [5.74, 6) is 0. The van der Waals surface area contributed by atoms with Crippen LogP contribution in [0.3, 0.4) is 0 Å². The first-order valence-corrected chi connectivity index (χ1v) is 8.38. The second-order valence-corrected chi connectivity index (χ2v) is 7.64. The van der Waals surface area contributed by atoms with E-state index in [0.29, 0.717) is 0 Å². The summed E-state index contributed by atoms with van der Waals surface area (Å²) >= 11 is 4.02. The van der Waals surface area contributed by atoms with Gasteiger partial charge in [0.25, 0.3) is 0 Å². The number of fused-ring (bicyclic) bond motifs is 3. The quantitative estimate of drug-likeness (QED) is 0.510. The molecule has 4 rings (SSSR count). The molecule has 1 radical (unpaired) electrons. The van der Waals surface area contributed by atoms with Crippen LogP contribution in [0.15, 0.2) is 36.4 Å². The Hall–Kier alpha value is -1.08. The molecule has 0 aromatic heterocycles. The second kappa shape index (κ2) is 4.73. The second-order valence-electron chi connectivity index (χ2n) is 6.12. The Morgan fingerprint density at radius 1 is 0.900 bits per heavy atom. The standard InChI is InChI=1S/C19H18Br/c20-19(10-4-1-5-11-19)16-8-9-18-15(13-16)12-14-6-2-3-7-17(14)18/h2-3,6-9H,1,4-5,10-12H2. The van der Waals surface area contributed by atoms with Crippen LogP contribution < -0.4 is 0 Å². The van der Waals surface area contributed by atoms with Gasteiger partial charge in [-0.2, -0.15) is 0 Å². The number of alkyl halides is 1. The van der Waals surface area contributed by atoms with Gasteiger partial charge in [0.05, 0.1) is 4.32 Å². The van der Waals surface area contributed by atoms with Crippen LogP contribution in [-0.4, -0.2) is 0 Å². The molecule has 0 amide bonds. The zero-order valence-corrected chi connectivity index (χ0v) is 13.2. The summed E-state index contributed by atoms with van der Waals surface area (Å²) in [6.07, 6.45) is 7.57. The van der Waals surface area contributed by atoms with Gasteiger partial charge < -0.3 is 0 Å². The van der Waals surface area contributed by atoms with Crippen molar-refractivity contribution in [3.05, 3.63) is 59.2 Å². The van der Waals surface area contributed by atoms with Crippen molar-refractivity contribution in [1.82, 2.24) is 0 Å². The maximum atomic E-state index is 4.02. The smallest absolute Gasteiger partial charge is 0.0512 e. The lowest BCUT2D eigenvalue weighted by Gasteiger charge is -2.32. The van der Waals surface area contributed by atoms with Crippen LogP contribution in [0.1, 0.15) is 48.8 Å². The summed E-state index contributed by atoms with van der Waals surface area (Å²) in [6, 6.07) is 17.1. The van der Waals surface area contributed by atoms with Crippen LogP contribution in [0.2, 0.25) is 0 Å². The molecule has 0 N–H and O–H groups in total. The highest BCUT2D eigenvalue weighted by atomic mass is 79.9. The predicted octanol–water partition coefficient (Wildman–Crippen LogP) is 5.61. The van der Waals surface area contributed by atoms with E-state index in [1.54, 1.807) is 0 Å². The average Bonchev–Trinajstić information content (AvgIpc) is 2.85. The highest BCUT2D eigenvalue weighted by Gasteiger charge is 2.32. The Morgan fingerprint density at radius 3 is 2.55 bits per heavy atom. The van der Waals surface area contributed by atoms with Gasteiger partial charge in [-0.05, 0) is 53.1 Å². The first-order valence-electron chi connectivity index (χ1n) is 7.59. The van der Waals surface area contributed by atoms with Crippen LogP contribution in [-0.2, 0) is 10.7 Å². The third-order valence-electron chi connectivity index (χ3n) is 4.83. The van der Waals surface area contributed by atoms with Crippen molar-refractivity contribution in [1.29, 1.82) is 0 Å². The predicted molar refractivity (Wildman–Crippen MR) is 87.2 cm³/mol. The van der Waals surface area contributed by atoms with Gasteiger partial charge >= 0.3 is 0 Å². The molecule has 0 atom stereocenters. The van der Waals surface area contributed by atoms with E-state index in [1.165, 1.54) is 59.9 Å². The Labute approximate surface area is 129 Å².